The van der Waals surface area contributed by atoms with Gasteiger partial charge >= 0.3 is 0 Å². The number of carbonyl (C=O) groups excluding carboxylic acids is 1. The molecule has 1 fully saturated rings. The van der Waals surface area contributed by atoms with Crippen molar-refractivity contribution in [3.63, 3.8) is 0 Å². The summed E-state index contributed by atoms with van der Waals surface area (Å²) in [5.41, 5.74) is 8.83. The molecule has 1 amide bonds. The monoisotopic (exact) mass is 354 g/mol. The Morgan fingerprint density at radius 2 is 2.25 bits per heavy atom. The number of ether oxygens (including phenoxy) is 2. The van der Waals surface area contributed by atoms with Crippen molar-refractivity contribution < 1.29 is 14.3 Å². The number of fused-ring (bicyclic) bond motifs is 1. The number of carbonyl (C=O) groups is 1. The molecule has 2 N–H and O–H groups in total. The summed E-state index contributed by atoms with van der Waals surface area (Å²) in [6, 6.07) is 5.77. The maximum atomic E-state index is 12.8. The van der Waals surface area contributed by atoms with Crippen LogP contribution in [0.2, 0.25) is 0 Å². The number of benzene rings is 1. The predicted molar refractivity (Wildman–Crippen MR) is 97.8 cm³/mol. The van der Waals surface area contributed by atoms with Gasteiger partial charge in [0.15, 0.2) is 0 Å². The van der Waals surface area contributed by atoms with Crippen molar-refractivity contribution in [2.24, 2.45) is 0 Å². The lowest BCUT2D eigenvalue weighted by molar-refractivity contribution is -0.132. The summed E-state index contributed by atoms with van der Waals surface area (Å²) in [5, 5.41) is 0. The molecule has 2 aliphatic heterocycles. The van der Waals surface area contributed by atoms with Crippen LogP contribution in [-0.2, 0) is 20.7 Å². The molecular weight excluding hydrogens is 328 g/mol. The molecule has 0 aliphatic carbocycles. The van der Waals surface area contributed by atoms with Gasteiger partial charge in [0.05, 0.1) is 12.7 Å². The lowest BCUT2D eigenvalue weighted by atomic mass is 9.99. The summed E-state index contributed by atoms with van der Waals surface area (Å²) in [5.74, 6) is 0.00681. The van der Waals surface area contributed by atoms with Crippen LogP contribution in [0.5, 0.6) is 0 Å². The fourth-order valence-corrected chi connectivity index (χ4v) is 3.36. The minimum absolute atomic E-state index is 0. The Hall–Kier alpha value is -1.30. The third-order valence-electron chi connectivity index (χ3n) is 4.71. The normalized spacial score (nSPS) is 21.5. The average Bonchev–Trinajstić information content (AvgIpc) is 2.60. The van der Waals surface area contributed by atoms with E-state index >= 15 is 0 Å². The summed E-state index contributed by atoms with van der Waals surface area (Å²) < 4.78 is 11.5. The van der Waals surface area contributed by atoms with Crippen LogP contribution in [0.25, 0.3) is 0 Å². The molecule has 2 heterocycles. The van der Waals surface area contributed by atoms with Gasteiger partial charge in [-0.05, 0) is 56.7 Å². The van der Waals surface area contributed by atoms with E-state index in [-0.39, 0.29) is 24.4 Å². The molecule has 1 saturated heterocycles. The zero-order chi connectivity index (χ0) is 16.2. The number of hydrogen-bond acceptors (Lipinski definition) is 4. The van der Waals surface area contributed by atoms with Crippen LogP contribution in [0.3, 0.4) is 0 Å². The summed E-state index contributed by atoms with van der Waals surface area (Å²) in [4.78, 5) is 14.6. The molecule has 2 unspecified atom stereocenters. The predicted octanol–water partition coefficient (Wildman–Crippen LogP) is 2.94. The fraction of sp³-hybridized carbons (Fsp3) is 0.611. The number of nitrogens with two attached hydrogens (primary N) is 1. The first-order valence-electron chi connectivity index (χ1n) is 8.59. The van der Waals surface area contributed by atoms with Gasteiger partial charge in [-0.15, -0.1) is 12.4 Å². The highest BCUT2D eigenvalue weighted by Crippen LogP contribution is 2.31. The number of anilines is 2. The minimum Gasteiger partial charge on any atom is -0.398 e. The number of nitrogen functional groups attached to an aromatic ring is 1. The van der Waals surface area contributed by atoms with Gasteiger partial charge in [-0.1, -0.05) is 6.07 Å². The van der Waals surface area contributed by atoms with Gasteiger partial charge in [-0.3, -0.25) is 4.79 Å². The van der Waals surface area contributed by atoms with Crippen LogP contribution >= 0.6 is 12.4 Å². The van der Waals surface area contributed by atoms with Gasteiger partial charge < -0.3 is 20.1 Å². The first-order chi connectivity index (χ1) is 11.2. The molecule has 5 nitrogen and oxygen atoms in total. The van der Waals surface area contributed by atoms with E-state index in [4.69, 9.17) is 15.2 Å². The molecule has 0 saturated carbocycles. The maximum Gasteiger partial charge on any atom is 0.255 e. The molecule has 3 rings (SSSR count). The molecule has 6 heteroatoms. The second-order valence-electron chi connectivity index (χ2n) is 6.40. The largest absolute Gasteiger partial charge is 0.398 e. The molecule has 134 valence electrons. The van der Waals surface area contributed by atoms with Crippen molar-refractivity contribution in [3.05, 3.63) is 23.8 Å². The summed E-state index contributed by atoms with van der Waals surface area (Å²) in [6.07, 6.45) is 4.84. The lowest BCUT2D eigenvalue weighted by Crippen LogP contribution is -2.43. The quantitative estimate of drug-likeness (QED) is 0.844. The van der Waals surface area contributed by atoms with Crippen molar-refractivity contribution >= 4 is 29.7 Å². The lowest BCUT2D eigenvalue weighted by Gasteiger charge is -2.32. The Balaban J connectivity index is 0.00000208. The van der Waals surface area contributed by atoms with E-state index in [1.807, 2.05) is 30.0 Å². The number of halogens is 1. The van der Waals surface area contributed by atoms with Crippen molar-refractivity contribution in [1.82, 2.24) is 0 Å². The molecule has 0 bridgehead atoms. The molecule has 2 aliphatic rings. The van der Waals surface area contributed by atoms with Crippen molar-refractivity contribution in [2.45, 2.75) is 51.2 Å². The van der Waals surface area contributed by atoms with Crippen molar-refractivity contribution in [2.75, 3.05) is 30.4 Å². The highest BCUT2D eigenvalue weighted by molar-refractivity contribution is 5.98. The number of rotatable bonds is 4. The van der Waals surface area contributed by atoms with Crippen molar-refractivity contribution in [1.29, 1.82) is 0 Å². The summed E-state index contributed by atoms with van der Waals surface area (Å²) in [6.45, 7) is 3.84. The molecule has 1 aromatic carbocycles. The standard InChI is InChI=1S/C18H26N2O3.ClH/c1-13(23-12-14-6-2-3-11-22-14)18(21)20-10-5-7-15-16(19)8-4-9-17(15)20;/h4,8-9,13-14H,2-3,5-7,10-12,19H2,1H3;1H. The highest BCUT2D eigenvalue weighted by atomic mass is 35.5. The smallest absolute Gasteiger partial charge is 0.255 e. The number of hydrogen-bond donors (Lipinski definition) is 1. The van der Waals surface area contributed by atoms with Gasteiger partial charge in [-0.25, -0.2) is 0 Å². The zero-order valence-electron chi connectivity index (χ0n) is 14.2. The van der Waals surface area contributed by atoms with Crippen LogP contribution in [0, 0.1) is 0 Å². The average molecular weight is 355 g/mol. The van der Waals surface area contributed by atoms with E-state index < -0.39 is 6.10 Å². The first kappa shape index (κ1) is 19.0. The van der Waals surface area contributed by atoms with Crippen LogP contribution < -0.4 is 10.6 Å². The Kier molecular flexibility index (Phi) is 6.90. The van der Waals surface area contributed by atoms with E-state index in [1.54, 1.807) is 0 Å². The van der Waals surface area contributed by atoms with Crippen LogP contribution in [0.1, 0.15) is 38.2 Å². The third kappa shape index (κ3) is 4.21. The number of nitrogens with zero attached hydrogens (tertiary/aromatic N) is 1. The second kappa shape index (κ2) is 8.70. The highest BCUT2D eigenvalue weighted by Gasteiger charge is 2.28. The van der Waals surface area contributed by atoms with Crippen molar-refractivity contribution in [3.8, 4) is 0 Å². The first-order valence-corrected chi connectivity index (χ1v) is 8.59. The molecule has 0 radical (unpaired) electrons. The third-order valence-corrected chi connectivity index (χ3v) is 4.71. The summed E-state index contributed by atoms with van der Waals surface area (Å²) in [7, 11) is 0. The molecule has 1 aromatic rings. The SMILES string of the molecule is CC(OCC1CCCCO1)C(=O)N1CCCc2c(N)cccc21.Cl. The van der Waals surface area contributed by atoms with Gasteiger partial charge in [0, 0.05) is 24.5 Å². The van der Waals surface area contributed by atoms with Crippen LogP contribution in [0.4, 0.5) is 11.4 Å². The summed E-state index contributed by atoms with van der Waals surface area (Å²) >= 11 is 0. The zero-order valence-corrected chi connectivity index (χ0v) is 15.0. The van der Waals surface area contributed by atoms with Crippen LogP contribution in [0.15, 0.2) is 18.2 Å². The van der Waals surface area contributed by atoms with E-state index in [9.17, 15) is 4.79 Å². The Labute approximate surface area is 149 Å². The molecule has 2 atom stereocenters. The van der Waals surface area contributed by atoms with Gasteiger partial charge in [-0.2, -0.15) is 0 Å². The topological polar surface area (TPSA) is 64.8 Å². The molecule has 24 heavy (non-hydrogen) atoms. The molecule has 0 aromatic heterocycles. The van der Waals surface area contributed by atoms with E-state index in [0.717, 1.165) is 55.8 Å². The van der Waals surface area contributed by atoms with E-state index in [2.05, 4.69) is 0 Å². The molecular formula is C18H27ClN2O3. The van der Waals surface area contributed by atoms with Gasteiger partial charge in [0.2, 0.25) is 0 Å². The van der Waals surface area contributed by atoms with E-state index in [0.29, 0.717) is 6.61 Å². The Morgan fingerprint density at radius 3 is 3.00 bits per heavy atom. The minimum atomic E-state index is -0.465. The Morgan fingerprint density at radius 1 is 1.42 bits per heavy atom. The van der Waals surface area contributed by atoms with Crippen LogP contribution in [-0.4, -0.2) is 37.9 Å². The second-order valence-corrected chi connectivity index (χ2v) is 6.40. The van der Waals surface area contributed by atoms with E-state index in [1.165, 1.54) is 6.42 Å². The Bertz CT molecular complexity index is 561. The molecule has 0 spiro atoms. The fourth-order valence-electron chi connectivity index (χ4n) is 3.36. The number of amides is 1. The van der Waals surface area contributed by atoms with Gasteiger partial charge in [0.25, 0.3) is 5.91 Å². The van der Waals surface area contributed by atoms with Gasteiger partial charge in [0.1, 0.15) is 6.10 Å². The maximum absolute atomic E-state index is 12.8.